The second kappa shape index (κ2) is 6.26. The van der Waals surface area contributed by atoms with Gasteiger partial charge < -0.3 is 4.74 Å². The average molecular weight is 387 g/mol. The highest BCUT2D eigenvalue weighted by molar-refractivity contribution is 6.31. The lowest BCUT2D eigenvalue weighted by Gasteiger charge is -2.15. The molecular formula is C27H17NO2. The van der Waals surface area contributed by atoms with Crippen molar-refractivity contribution >= 4 is 27.5 Å². The van der Waals surface area contributed by atoms with Gasteiger partial charge in [0.25, 0.3) is 0 Å². The van der Waals surface area contributed by atoms with Crippen molar-refractivity contribution in [1.82, 2.24) is 4.98 Å². The van der Waals surface area contributed by atoms with E-state index in [1.807, 2.05) is 66.7 Å². The first-order valence-electron chi connectivity index (χ1n) is 9.91. The number of ketones is 1. The zero-order valence-corrected chi connectivity index (χ0v) is 16.3. The molecule has 0 radical (unpaired) electrons. The molecule has 142 valence electrons. The van der Waals surface area contributed by atoms with Crippen LogP contribution < -0.4 is 4.74 Å². The van der Waals surface area contributed by atoms with Crippen LogP contribution in [0.2, 0.25) is 0 Å². The van der Waals surface area contributed by atoms with E-state index in [4.69, 9.17) is 9.72 Å². The Kier molecular flexibility index (Phi) is 3.53. The summed E-state index contributed by atoms with van der Waals surface area (Å²) in [5.41, 5.74) is 5.70. The number of hydrogen-bond acceptors (Lipinski definition) is 3. The van der Waals surface area contributed by atoms with Crippen LogP contribution in [0.5, 0.6) is 5.75 Å². The number of carbonyl (C=O) groups is 1. The minimum Gasteiger partial charge on any atom is -0.496 e. The SMILES string of the molecule is COc1ccccc1-c1nc2ccc3ccccc3c2c2c1C(=O)c1ccccc1-2. The number of carbonyl (C=O) groups excluding carboxylic acids is 1. The summed E-state index contributed by atoms with van der Waals surface area (Å²) in [6.45, 7) is 0. The molecule has 1 aromatic heterocycles. The number of fused-ring (bicyclic) bond motifs is 7. The standard InChI is InChI=1S/C27H17NO2/c1-30-22-13-7-6-12-20(22)26-25-24(18-10-4-5-11-19(18)27(25)29)23-17-9-3-2-8-16(17)14-15-21(23)28-26/h2-15H,1H3. The molecular weight excluding hydrogens is 370 g/mol. The summed E-state index contributed by atoms with van der Waals surface area (Å²) in [5.74, 6) is 0.722. The number of para-hydroxylation sites is 1. The minimum atomic E-state index is 0.0174. The fourth-order valence-corrected chi connectivity index (χ4v) is 4.60. The molecule has 3 heteroatoms. The third-order valence-corrected chi connectivity index (χ3v) is 5.91. The van der Waals surface area contributed by atoms with Crippen LogP contribution >= 0.6 is 0 Å². The number of ether oxygens (including phenoxy) is 1. The molecule has 0 amide bonds. The summed E-state index contributed by atoms with van der Waals surface area (Å²) in [5, 5.41) is 3.27. The van der Waals surface area contributed by atoms with E-state index >= 15 is 0 Å². The summed E-state index contributed by atoms with van der Waals surface area (Å²) in [4.78, 5) is 18.6. The van der Waals surface area contributed by atoms with Crippen molar-refractivity contribution in [2.75, 3.05) is 7.11 Å². The van der Waals surface area contributed by atoms with Crippen LogP contribution in [0.4, 0.5) is 0 Å². The van der Waals surface area contributed by atoms with Crippen molar-refractivity contribution in [3.8, 4) is 28.1 Å². The third-order valence-electron chi connectivity index (χ3n) is 5.91. The van der Waals surface area contributed by atoms with Gasteiger partial charge in [-0.1, -0.05) is 66.7 Å². The molecule has 0 atom stereocenters. The van der Waals surface area contributed by atoms with Gasteiger partial charge in [0, 0.05) is 22.1 Å². The lowest BCUT2D eigenvalue weighted by molar-refractivity contribution is 0.104. The van der Waals surface area contributed by atoms with Gasteiger partial charge in [-0.3, -0.25) is 4.79 Å². The molecule has 0 aliphatic heterocycles. The van der Waals surface area contributed by atoms with Crippen molar-refractivity contribution in [1.29, 1.82) is 0 Å². The number of nitrogens with zero attached hydrogens (tertiary/aromatic N) is 1. The number of benzene rings is 4. The summed E-state index contributed by atoms with van der Waals surface area (Å²) < 4.78 is 5.60. The Bertz CT molecular complexity index is 1500. The van der Waals surface area contributed by atoms with Gasteiger partial charge in [0.05, 0.1) is 23.9 Å². The van der Waals surface area contributed by atoms with Crippen molar-refractivity contribution in [3.63, 3.8) is 0 Å². The Morgan fingerprint density at radius 2 is 1.40 bits per heavy atom. The molecule has 0 spiro atoms. The van der Waals surface area contributed by atoms with E-state index in [0.29, 0.717) is 17.0 Å². The van der Waals surface area contributed by atoms with E-state index in [-0.39, 0.29) is 5.78 Å². The van der Waals surface area contributed by atoms with E-state index in [1.54, 1.807) is 7.11 Å². The summed E-state index contributed by atoms with van der Waals surface area (Å²) in [6.07, 6.45) is 0. The van der Waals surface area contributed by atoms with Crippen LogP contribution in [0.3, 0.4) is 0 Å². The lowest BCUT2D eigenvalue weighted by atomic mass is 9.93. The first-order chi connectivity index (χ1) is 14.8. The highest BCUT2D eigenvalue weighted by Crippen LogP contribution is 2.47. The fourth-order valence-electron chi connectivity index (χ4n) is 4.60. The van der Waals surface area contributed by atoms with Gasteiger partial charge in [-0.15, -0.1) is 0 Å². The van der Waals surface area contributed by atoms with Crippen LogP contribution in [0.25, 0.3) is 44.1 Å². The van der Waals surface area contributed by atoms with Crippen LogP contribution in [0.1, 0.15) is 15.9 Å². The number of pyridine rings is 1. The lowest BCUT2D eigenvalue weighted by Crippen LogP contribution is -2.02. The first kappa shape index (κ1) is 16.9. The molecule has 1 heterocycles. The Morgan fingerprint density at radius 3 is 2.23 bits per heavy atom. The van der Waals surface area contributed by atoms with E-state index in [1.165, 1.54) is 0 Å². The van der Waals surface area contributed by atoms with Crippen molar-refractivity contribution < 1.29 is 9.53 Å². The van der Waals surface area contributed by atoms with Gasteiger partial charge in [0.15, 0.2) is 5.78 Å². The largest absolute Gasteiger partial charge is 0.496 e. The number of methoxy groups -OCH3 is 1. The molecule has 0 fully saturated rings. The van der Waals surface area contributed by atoms with E-state index in [9.17, 15) is 4.79 Å². The Morgan fingerprint density at radius 1 is 0.700 bits per heavy atom. The molecule has 3 nitrogen and oxygen atoms in total. The van der Waals surface area contributed by atoms with Crippen LogP contribution in [0, 0.1) is 0 Å². The molecule has 30 heavy (non-hydrogen) atoms. The molecule has 1 aliphatic rings. The third kappa shape index (κ3) is 2.20. The Labute approximate surface area is 173 Å². The van der Waals surface area contributed by atoms with Crippen molar-refractivity contribution in [2.24, 2.45) is 0 Å². The molecule has 5 aromatic rings. The van der Waals surface area contributed by atoms with Crippen LogP contribution in [0.15, 0.2) is 84.9 Å². The van der Waals surface area contributed by atoms with Gasteiger partial charge in [-0.25, -0.2) is 4.98 Å². The van der Waals surface area contributed by atoms with Gasteiger partial charge in [0.2, 0.25) is 0 Å². The predicted molar refractivity (Wildman–Crippen MR) is 120 cm³/mol. The Balaban J connectivity index is 1.85. The minimum absolute atomic E-state index is 0.0174. The maximum Gasteiger partial charge on any atom is 0.196 e. The topological polar surface area (TPSA) is 39.2 Å². The normalized spacial score (nSPS) is 12.2. The molecule has 0 bridgehead atoms. The van der Waals surface area contributed by atoms with Crippen LogP contribution in [-0.2, 0) is 0 Å². The number of rotatable bonds is 2. The molecule has 4 aromatic carbocycles. The molecule has 0 saturated carbocycles. The number of aromatic nitrogens is 1. The molecule has 0 N–H and O–H groups in total. The van der Waals surface area contributed by atoms with Gasteiger partial charge >= 0.3 is 0 Å². The average Bonchev–Trinajstić information content (AvgIpc) is 3.11. The predicted octanol–water partition coefficient (Wildman–Crippen LogP) is 6.28. The smallest absolute Gasteiger partial charge is 0.196 e. The highest BCUT2D eigenvalue weighted by atomic mass is 16.5. The zero-order valence-electron chi connectivity index (χ0n) is 16.3. The molecule has 1 aliphatic carbocycles. The van der Waals surface area contributed by atoms with E-state index in [0.717, 1.165) is 43.9 Å². The summed E-state index contributed by atoms with van der Waals surface area (Å²) in [6, 6.07) is 28.0. The summed E-state index contributed by atoms with van der Waals surface area (Å²) >= 11 is 0. The van der Waals surface area contributed by atoms with Gasteiger partial charge in [-0.2, -0.15) is 0 Å². The maximum absolute atomic E-state index is 13.6. The fraction of sp³-hybridized carbons (Fsp3) is 0.0370. The van der Waals surface area contributed by atoms with E-state index in [2.05, 4.69) is 18.2 Å². The Hall–Kier alpha value is -3.98. The van der Waals surface area contributed by atoms with Gasteiger partial charge in [0.1, 0.15) is 5.75 Å². The van der Waals surface area contributed by atoms with Crippen molar-refractivity contribution in [3.05, 3.63) is 96.1 Å². The first-order valence-corrected chi connectivity index (χ1v) is 9.91. The zero-order chi connectivity index (χ0) is 20.2. The van der Waals surface area contributed by atoms with Crippen molar-refractivity contribution in [2.45, 2.75) is 0 Å². The summed E-state index contributed by atoms with van der Waals surface area (Å²) in [7, 11) is 1.64. The van der Waals surface area contributed by atoms with Gasteiger partial charge in [-0.05, 0) is 34.5 Å². The van der Waals surface area contributed by atoms with E-state index < -0.39 is 0 Å². The molecule has 6 rings (SSSR count). The number of hydrogen-bond donors (Lipinski definition) is 0. The van der Waals surface area contributed by atoms with Crippen LogP contribution in [-0.4, -0.2) is 17.9 Å². The maximum atomic E-state index is 13.6. The second-order valence-corrected chi connectivity index (χ2v) is 7.47. The molecule has 0 saturated heterocycles. The second-order valence-electron chi connectivity index (χ2n) is 7.47. The molecule has 0 unspecified atom stereocenters. The quantitative estimate of drug-likeness (QED) is 0.329. The monoisotopic (exact) mass is 387 g/mol. The highest BCUT2D eigenvalue weighted by Gasteiger charge is 2.33.